The Labute approximate surface area is 181 Å². The minimum atomic E-state index is -3.61. The number of anilines is 1. The largest absolute Gasteiger partial charge is 0.324 e. The summed E-state index contributed by atoms with van der Waals surface area (Å²) >= 11 is 5.82. The molecule has 0 saturated carbocycles. The van der Waals surface area contributed by atoms with E-state index in [1.165, 1.54) is 19.1 Å². The van der Waals surface area contributed by atoms with Gasteiger partial charge in [0.1, 0.15) is 0 Å². The molecule has 9 heteroatoms. The van der Waals surface area contributed by atoms with Crippen LogP contribution in [0, 0.1) is 0 Å². The molecule has 2 N–H and O–H groups in total. The number of amides is 1. The van der Waals surface area contributed by atoms with Gasteiger partial charge < -0.3 is 5.32 Å². The standard InChI is InChI=1S/C21H24ClN3O4S/c1-15(26)19-4-2-3-5-20(19)23-21(27)14-25-12-10-17(11-13-25)24-30(28,29)18-8-6-16(22)7-9-18/h2-9,17,24H,10-14H2,1H3,(H,23,27). The van der Waals surface area contributed by atoms with E-state index in [4.69, 9.17) is 11.6 Å². The summed E-state index contributed by atoms with van der Waals surface area (Å²) in [5, 5.41) is 3.27. The van der Waals surface area contributed by atoms with Crippen LogP contribution in [0.5, 0.6) is 0 Å². The van der Waals surface area contributed by atoms with Crippen LogP contribution in [0.2, 0.25) is 5.02 Å². The van der Waals surface area contributed by atoms with Gasteiger partial charge in [-0.05, 0) is 56.2 Å². The van der Waals surface area contributed by atoms with Crippen molar-refractivity contribution in [2.24, 2.45) is 0 Å². The number of Topliss-reactive ketones (excluding diaryl/α,β-unsaturated/α-hetero) is 1. The number of piperidine rings is 1. The van der Waals surface area contributed by atoms with Crippen molar-refractivity contribution in [3.63, 3.8) is 0 Å². The Morgan fingerprint density at radius 2 is 1.70 bits per heavy atom. The molecular formula is C21H24ClN3O4S. The predicted octanol–water partition coefficient (Wildman–Crippen LogP) is 2.92. The number of halogens is 1. The van der Waals surface area contributed by atoms with E-state index in [9.17, 15) is 18.0 Å². The zero-order valence-electron chi connectivity index (χ0n) is 16.6. The zero-order chi connectivity index (χ0) is 21.7. The van der Waals surface area contributed by atoms with Crippen molar-refractivity contribution in [1.29, 1.82) is 0 Å². The van der Waals surface area contributed by atoms with Crippen molar-refractivity contribution in [2.75, 3.05) is 25.0 Å². The van der Waals surface area contributed by atoms with E-state index in [0.29, 0.717) is 42.2 Å². The van der Waals surface area contributed by atoms with Crippen molar-refractivity contribution >= 4 is 39.0 Å². The maximum Gasteiger partial charge on any atom is 0.240 e. The first-order valence-corrected chi connectivity index (χ1v) is 11.5. The van der Waals surface area contributed by atoms with Gasteiger partial charge in [0.05, 0.1) is 17.1 Å². The Kier molecular flexibility index (Phi) is 7.25. The van der Waals surface area contributed by atoms with Crippen LogP contribution >= 0.6 is 11.6 Å². The fraction of sp³-hybridized carbons (Fsp3) is 0.333. The van der Waals surface area contributed by atoms with E-state index in [2.05, 4.69) is 10.0 Å². The van der Waals surface area contributed by atoms with Crippen LogP contribution in [0.25, 0.3) is 0 Å². The van der Waals surface area contributed by atoms with Crippen LogP contribution in [0.15, 0.2) is 53.4 Å². The highest BCUT2D eigenvalue weighted by atomic mass is 35.5. The number of nitrogens with zero attached hydrogens (tertiary/aromatic N) is 1. The third-order valence-electron chi connectivity index (χ3n) is 4.98. The Morgan fingerprint density at radius 3 is 2.33 bits per heavy atom. The van der Waals surface area contributed by atoms with E-state index >= 15 is 0 Å². The summed E-state index contributed by atoms with van der Waals surface area (Å²) in [6.07, 6.45) is 1.20. The fourth-order valence-electron chi connectivity index (χ4n) is 3.40. The van der Waals surface area contributed by atoms with Gasteiger partial charge in [-0.3, -0.25) is 14.5 Å². The third-order valence-corrected chi connectivity index (χ3v) is 6.77. The average molecular weight is 450 g/mol. The second kappa shape index (κ2) is 9.70. The molecule has 1 aliphatic heterocycles. The second-order valence-electron chi connectivity index (χ2n) is 7.28. The lowest BCUT2D eigenvalue weighted by atomic mass is 10.1. The highest BCUT2D eigenvalue weighted by Gasteiger charge is 2.25. The molecule has 160 valence electrons. The molecule has 2 aromatic carbocycles. The molecule has 0 spiro atoms. The maximum absolute atomic E-state index is 12.5. The number of benzene rings is 2. The molecule has 0 aliphatic carbocycles. The molecule has 0 bridgehead atoms. The second-order valence-corrected chi connectivity index (χ2v) is 9.43. The van der Waals surface area contributed by atoms with Crippen LogP contribution in [-0.2, 0) is 14.8 Å². The van der Waals surface area contributed by atoms with Gasteiger partial charge in [0.25, 0.3) is 0 Å². The fourth-order valence-corrected chi connectivity index (χ4v) is 4.83. The van der Waals surface area contributed by atoms with Gasteiger partial charge in [-0.1, -0.05) is 23.7 Å². The van der Waals surface area contributed by atoms with Crippen LogP contribution in [-0.4, -0.2) is 50.7 Å². The van der Waals surface area contributed by atoms with Crippen LogP contribution < -0.4 is 10.0 Å². The first-order valence-electron chi connectivity index (χ1n) is 9.64. The SMILES string of the molecule is CC(=O)c1ccccc1NC(=O)CN1CCC(NS(=O)(=O)c2ccc(Cl)cc2)CC1. The minimum absolute atomic E-state index is 0.111. The number of likely N-dealkylation sites (tertiary alicyclic amines) is 1. The van der Waals surface area contributed by atoms with Gasteiger partial charge in [-0.2, -0.15) is 0 Å². The summed E-state index contributed by atoms with van der Waals surface area (Å²) in [7, 11) is -3.61. The summed E-state index contributed by atoms with van der Waals surface area (Å²) in [6, 6.07) is 12.7. The van der Waals surface area contributed by atoms with Gasteiger partial charge in [-0.25, -0.2) is 13.1 Å². The maximum atomic E-state index is 12.5. The highest BCUT2D eigenvalue weighted by molar-refractivity contribution is 7.89. The van der Waals surface area contributed by atoms with E-state index in [1.807, 2.05) is 4.90 Å². The lowest BCUT2D eigenvalue weighted by molar-refractivity contribution is -0.117. The van der Waals surface area contributed by atoms with Crippen LogP contribution in [0.4, 0.5) is 5.69 Å². The van der Waals surface area contributed by atoms with Crippen molar-refractivity contribution in [3.05, 3.63) is 59.1 Å². The van der Waals surface area contributed by atoms with Gasteiger partial charge in [0.2, 0.25) is 15.9 Å². The lowest BCUT2D eigenvalue weighted by Crippen LogP contribution is -2.46. The topological polar surface area (TPSA) is 95.6 Å². The number of hydrogen-bond acceptors (Lipinski definition) is 5. The predicted molar refractivity (Wildman–Crippen MR) is 116 cm³/mol. The van der Waals surface area contributed by atoms with E-state index in [-0.39, 0.29) is 29.2 Å². The molecule has 30 heavy (non-hydrogen) atoms. The van der Waals surface area contributed by atoms with Gasteiger partial charge >= 0.3 is 0 Å². The molecule has 1 fully saturated rings. The highest BCUT2D eigenvalue weighted by Crippen LogP contribution is 2.18. The summed E-state index contributed by atoms with van der Waals surface area (Å²) in [5.41, 5.74) is 0.974. The van der Waals surface area contributed by atoms with Crippen molar-refractivity contribution < 1.29 is 18.0 Å². The molecule has 0 atom stereocenters. The Bertz CT molecular complexity index is 1020. The van der Waals surface area contributed by atoms with Crippen molar-refractivity contribution in [3.8, 4) is 0 Å². The summed E-state index contributed by atoms with van der Waals surface area (Å²) in [4.78, 5) is 26.2. The first-order chi connectivity index (χ1) is 14.2. The smallest absolute Gasteiger partial charge is 0.240 e. The number of para-hydroxylation sites is 1. The van der Waals surface area contributed by atoms with Gasteiger partial charge in [0, 0.05) is 29.7 Å². The molecule has 1 amide bonds. The van der Waals surface area contributed by atoms with Crippen LogP contribution in [0.3, 0.4) is 0 Å². The Hall–Kier alpha value is -2.26. The number of ketones is 1. The molecule has 0 unspecified atom stereocenters. The molecular weight excluding hydrogens is 426 g/mol. The number of hydrogen-bond donors (Lipinski definition) is 2. The molecule has 2 aromatic rings. The van der Waals surface area contributed by atoms with Gasteiger partial charge in [-0.15, -0.1) is 0 Å². The summed E-state index contributed by atoms with van der Waals surface area (Å²) in [6.45, 7) is 2.83. The molecule has 1 aliphatic rings. The van der Waals surface area contributed by atoms with Crippen molar-refractivity contribution in [1.82, 2.24) is 9.62 Å². The number of nitrogens with one attached hydrogen (secondary N) is 2. The molecule has 3 rings (SSSR count). The first kappa shape index (κ1) is 22.4. The Morgan fingerprint density at radius 1 is 1.07 bits per heavy atom. The molecule has 0 radical (unpaired) electrons. The monoisotopic (exact) mass is 449 g/mol. The lowest BCUT2D eigenvalue weighted by Gasteiger charge is -2.31. The Balaban J connectivity index is 1.50. The minimum Gasteiger partial charge on any atom is -0.324 e. The molecule has 0 aromatic heterocycles. The van der Waals surface area contributed by atoms with E-state index in [1.54, 1.807) is 36.4 Å². The quantitative estimate of drug-likeness (QED) is 0.633. The number of carbonyl (C=O) groups is 2. The van der Waals surface area contributed by atoms with E-state index in [0.717, 1.165) is 0 Å². The summed E-state index contributed by atoms with van der Waals surface area (Å²) < 4.78 is 27.7. The van der Waals surface area contributed by atoms with Crippen molar-refractivity contribution in [2.45, 2.75) is 30.7 Å². The van der Waals surface area contributed by atoms with Crippen LogP contribution in [0.1, 0.15) is 30.1 Å². The zero-order valence-corrected chi connectivity index (χ0v) is 18.2. The number of sulfonamides is 1. The molecule has 7 nitrogen and oxygen atoms in total. The number of rotatable bonds is 7. The van der Waals surface area contributed by atoms with Gasteiger partial charge in [0.15, 0.2) is 5.78 Å². The average Bonchev–Trinajstić information content (AvgIpc) is 2.70. The molecule has 1 saturated heterocycles. The summed E-state index contributed by atoms with van der Waals surface area (Å²) in [5.74, 6) is -0.316. The third kappa shape index (κ3) is 5.89. The normalized spacial score (nSPS) is 15.7. The molecule has 1 heterocycles. The van der Waals surface area contributed by atoms with E-state index < -0.39 is 10.0 Å². The number of carbonyl (C=O) groups excluding carboxylic acids is 2.